The summed E-state index contributed by atoms with van der Waals surface area (Å²) in [7, 11) is 0. The molecule has 0 radical (unpaired) electrons. The first kappa shape index (κ1) is 10.5. The lowest BCUT2D eigenvalue weighted by Crippen LogP contribution is -2.01. The van der Waals surface area contributed by atoms with Gasteiger partial charge < -0.3 is 4.57 Å². The summed E-state index contributed by atoms with van der Waals surface area (Å²) in [5.41, 5.74) is 1.43. The Labute approximate surface area is 101 Å². The van der Waals surface area contributed by atoms with Crippen LogP contribution in [0.3, 0.4) is 0 Å². The Kier molecular flexibility index (Phi) is 2.67. The van der Waals surface area contributed by atoms with Gasteiger partial charge in [-0.3, -0.25) is 0 Å². The molecule has 88 valence electrons. The molecular formula is C14H17N3. The lowest BCUT2D eigenvalue weighted by atomic mass is 10.1. The third-order valence-electron chi connectivity index (χ3n) is 3.46. The highest BCUT2D eigenvalue weighted by molar-refractivity contribution is 5.31. The van der Waals surface area contributed by atoms with Crippen LogP contribution in [0.25, 0.3) is 0 Å². The Balaban J connectivity index is 1.78. The molecule has 0 amide bonds. The molecule has 1 fully saturated rings. The molecule has 17 heavy (non-hydrogen) atoms. The Morgan fingerprint density at radius 2 is 2.06 bits per heavy atom. The van der Waals surface area contributed by atoms with Gasteiger partial charge in [0.05, 0.1) is 0 Å². The van der Waals surface area contributed by atoms with Gasteiger partial charge in [0.15, 0.2) is 0 Å². The van der Waals surface area contributed by atoms with Crippen LogP contribution in [-0.2, 0) is 6.54 Å². The standard InChI is InChI=1S/C14H17N3/c1-2-8-17-10-15-16-14(17)13-9-12(13)11-6-4-3-5-7-11/h3-7,10,12-13H,2,8-9H2,1H3. The highest BCUT2D eigenvalue weighted by atomic mass is 15.3. The molecule has 0 N–H and O–H groups in total. The largest absolute Gasteiger partial charge is 0.317 e. The van der Waals surface area contributed by atoms with Crippen molar-refractivity contribution in [2.75, 3.05) is 0 Å². The number of benzene rings is 1. The zero-order valence-corrected chi connectivity index (χ0v) is 10.1. The molecule has 3 nitrogen and oxygen atoms in total. The predicted molar refractivity (Wildman–Crippen MR) is 66.9 cm³/mol. The van der Waals surface area contributed by atoms with Crippen LogP contribution in [0.2, 0.25) is 0 Å². The van der Waals surface area contributed by atoms with Gasteiger partial charge in [0.2, 0.25) is 0 Å². The molecule has 1 aliphatic rings. The van der Waals surface area contributed by atoms with E-state index in [1.54, 1.807) is 0 Å². The van der Waals surface area contributed by atoms with E-state index in [4.69, 9.17) is 0 Å². The molecular weight excluding hydrogens is 210 g/mol. The van der Waals surface area contributed by atoms with E-state index in [2.05, 4.69) is 52.0 Å². The number of nitrogens with zero attached hydrogens (tertiary/aromatic N) is 3. The smallest absolute Gasteiger partial charge is 0.136 e. The van der Waals surface area contributed by atoms with Crippen molar-refractivity contribution >= 4 is 0 Å². The van der Waals surface area contributed by atoms with Crippen LogP contribution in [0.1, 0.15) is 43.0 Å². The highest BCUT2D eigenvalue weighted by Gasteiger charge is 2.42. The zero-order chi connectivity index (χ0) is 11.7. The van der Waals surface area contributed by atoms with E-state index < -0.39 is 0 Å². The number of hydrogen-bond donors (Lipinski definition) is 0. The number of rotatable bonds is 4. The average molecular weight is 227 g/mol. The first-order chi connectivity index (χ1) is 8.40. The molecule has 0 spiro atoms. The summed E-state index contributed by atoms with van der Waals surface area (Å²) < 4.78 is 2.20. The van der Waals surface area contributed by atoms with E-state index in [-0.39, 0.29) is 0 Å². The topological polar surface area (TPSA) is 30.7 Å². The number of aryl methyl sites for hydroxylation is 1. The fourth-order valence-corrected chi connectivity index (χ4v) is 2.51. The summed E-state index contributed by atoms with van der Waals surface area (Å²) in [5.74, 6) is 2.39. The van der Waals surface area contributed by atoms with Crippen molar-refractivity contribution in [2.45, 2.75) is 38.1 Å². The van der Waals surface area contributed by atoms with E-state index in [1.165, 1.54) is 17.8 Å². The maximum atomic E-state index is 4.29. The summed E-state index contributed by atoms with van der Waals surface area (Å²) in [6.45, 7) is 3.21. The van der Waals surface area contributed by atoms with Crippen molar-refractivity contribution in [3.8, 4) is 0 Å². The van der Waals surface area contributed by atoms with Crippen molar-refractivity contribution in [2.24, 2.45) is 0 Å². The molecule has 2 atom stereocenters. The minimum absolute atomic E-state index is 0.575. The van der Waals surface area contributed by atoms with E-state index >= 15 is 0 Å². The van der Waals surface area contributed by atoms with Crippen LogP contribution < -0.4 is 0 Å². The molecule has 1 aromatic carbocycles. The molecule has 1 saturated carbocycles. The van der Waals surface area contributed by atoms with Crippen molar-refractivity contribution in [3.63, 3.8) is 0 Å². The molecule has 0 saturated heterocycles. The van der Waals surface area contributed by atoms with Gasteiger partial charge >= 0.3 is 0 Å². The molecule has 2 aromatic rings. The molecule has 3 rings (SSSR count). The molecule has 0 aliphatic heterocycles. The second kappa shape index (κ2) is 4.32. The van der Waals surface area contributed by atoms with Crippen molar-refractivity contribution < 1.29 is 0 Å². The summed E-state index contributed by atoms with van der Waals surface area (Å²) in [6.07, 6.45) is 4.21. The lowest BCUT2D eigenvalue weighted by molar-refractivity contribution is 0.636. The average Bonchev–Trinajstić information content (AvgIpc) is 3.04. The quantitative estimate of drug-likeness (QED) is 0.804. The number of hydrogen-bond acceptors (Lipinski definition) is 2. The molecule has 3 heteroatoms. The summed E-state index contributed by atoms with van der Waals surface area (Å²) in [4.78, 5) is 0. The van der Waals surface area contributed by atoms with E-state index in [0.717, 1.165) is 13.0 Å². The van der Waals surface area contributed by atoms with Crippen LogP contribution >= 0.6 is 0 Å². The zero-order valence-electron chi connectivity index (χ0n) is 10.1. The van der Waals surface area contributed by atoms with Crippen molar-refractivity contribution in [3.05, 3.63) is 48.0 Å². The minimum atomic E-state index is 0.575. The Morgan fingerprint density at radius 1 is 1.24 bits per heavy atom. The minimum Gasteiger partial charge on any atom is -0.317 e. The third-order valence-corrected chi connectivity index (χ3v) is 3.46. The van der Waals surface area contributed by atoms with Gasteiger partial charge in [-0.2, -0.15) is 0 Å². The van der Waals surface area contributed by atoms with Crippen LogP contribution in [0.4, 0.5) is 0 Å². The SMILES string of the molecule is CCCn1cnnc1C1CC1c1ccccc1. The Morgan fingerprint density at radius 3 is 2.82 bits per heavy atom. The Hall–Kier alpha value is -1.64. The lowest BCUT2D eigenvalue weighted by Gasteiger charge is -2.04. The monoisotopic (exact) mass is 227 g/mol. The third kappa shape index (κ3) is 1.97. The van der Waals surface area contributed by atoms with E-state index in [0.29, 0.717) is 11.8 Å². The fourth-order valence-electron chi connectivity index (χ4n) is 2.51. The highest BCUT2D eigenvalue weighted by Crippen LogP contribution is 2.53. The maximum Gasteiger partial charge on any atom is 0.136 e. The normalized spacial score (nSPS) is 22.6. The number of aromatic nitrogens is 3. The molecule has 1 aliphatic carbocycles. The van der Waals surface area contributed by atoms with Gasteiger partial charge in [-0.25, -0.2) is 0 Å². The summed E-state index contributed by atoms with van der Waals surface area (Å²) >= 11 is 0. The van der Waals surface area contributed by atoms with Gasteiger partial charge in [-0.05, 0) is 24.3 Å². The summed E-state index contributed by atoms with van der Waals surface area (Å²) in [6, 6.07) is 10.7. The Bertz CT molecular complexity index is 489. The van der Waals surface area contributed by atoms with Gasteiger partial charge in [0.25, 0.3) is 0 Å². The first-order valence-corrected chi connectivity index (χ1v) is 6.32. The maximum absolute atomic E-state index is 4.29. The van der Waals surface area contributed by atoms with Gasteiger partial charge in [0, 0.05) is 12.5 Å². The van der Waals surface area contributed by atoms with Crippen LogP contribution in [0.5, 0.6) is 0 Å². The fraction of sp³-hybridized carbons (Fsp3) is 0.429. The van der Waals surface area contributed by atoms with Gasteiger partial charge in [-0.15, -0.1) is 10.2 Å². The van der Waals surface area contributed by atoms with Crippen molar-refractivity contribution in [1.82, 2.24) is 14.8 Å². The first-order valence-electron chi connectivity index (χ1n) is 6.32. The molecule has 1 aromatic heterocycles. The van der Waals surface area contributed by atoms with Crippen LogP contribution in [-0.4, -0.2) is 14.8 Å². The second-order valence-corrected chi connectivity index (χ2v) is 4.74. The van der Waals surface area contributed by atoms with E-state index in [9.17, 15) is 0 Å². The predicted octanol–water partition coefficient (Wildman–Crippen LogP) is 2.96. The van der Waals surface area contributed by atoms with Gasteiger partial charge in [0.1, 0.15) is 12.2 Å². The van der Waals surface area contributed by atoms with Crippen LogP contribution in [0.15, 0.2) is 36.7 Å². The van der Waals surface area contributed by atoms with Crippen molar-refractivity contribution in [1.29, 1.82) is 0 Å². The van der Waals surface area contributed by atoms with Crippen LogP contribution in [0, 0.1) is 0 Å². The molecule has 0 bridgehead atoms. The second-order valence-electron chi connectivity index (χ2n) is 4.74. The summed E-state index contributed by atoms with van der Waals surface area (Å²) in [5, 5.41) is 8.33. The molecule has 1 heterocycles. The molecule has 2 unspecified atom stereocenters. The van der Waals surface area contributed by atoms with Gasteiger partial charge in [-0.1, -0.05) is 37.3 Å². The van der Waals surface area contributed by atoms with E-state index in [1.807, 2.05) is 6.33 Å².